The molecule has 0 radical (unpaired) electrons. The largest absolute Gasteiger partial charge is 0.414 e. The van der Waals surface area contributed by atoms with E-state index in [1.807, 2.05) is 0 Å². The zero-order valence-corrected chi connectivity index (χ0v) is 13.4. The van der Waals surface area contributed by atoms with Crippen LogP contribution in [0.1, 0.15) is 39.7 Å². The van der Waals surface area contributed by atoms with Crippen LogP contribution in [0.3, 0.4) is 0 Å². The monoisotopic (exact) mass is 264 g/mol. The fraction of sp³-hybridized carbons (Fsp3) is 0.625. The smallest absolute Gasteiger partial charge is 0.192 e. The van der Waals surface area contributed by atoms with Gasteiger partial charge in [-0.3, -0.25) is 0 Å². The minimum atomic E-state index is -1.42. The first kappa shape index (κ1) is 15.5. The lowest BCUT2D eigenvalue weighted by Gasteiger charge is -2.31. The van der Waals surface area contributed by atoms with Crippen molar-refractivity contribution in [3.8, 4) is 0 Å². The lowest BCUT2D eigenvalue weighted by atomic mass is 10.1. The molecule has 1 aromatic carbocycles. The molecule has 0 amide bonds. The van der Waals surface area contributed by atoms with Gasteiger partial charge < -0.3 is 4.43 Å². The Labute approximate surface area is 114 Å². The van der Waals surface area contributed by atoms with Crippen molar-refractivity contribution in [3.05, 3.63) is 35.9 Å². The molecule has 102 valence electrons. The van der Waals surface area contributed by atoms with Crippen LogP contribution in [0.2, 0.25) is 18.1 Å². The molecule has 0 saturated carbocycles. The Kier molecular flexibility index (Phi) is 6.65. The predicted octanol–water partition coefficient (Wildman–Crippen LogP) is 5.03. The lowest BCUT2D eigenvalue weighted by Crippen LogP contribution is -2.39. The zero-order chi connectivity index (χ0) is 13.4. The van der Waals surface area contributed by atoms with Crippen LogP contribution in [0.4, 0.5) is 0 Å². The first-order valence-corrected chi connectivity index (χ1v) is 9.90. The van der Waals surface area contributed by atoms with Crippen molar-refractivity contribution in [2.24, 2.45) is 0 Å². The third kappa shape index (κ3) is 4.58. The highest BCUT2D eigenvalue weighted by Gasteiger charge is 2.30. The summed E-state index contributed by atoms with van der Waals surface area (Å²) < 4.78 is 6.45. The van der Waals surface area contributed by atoms with Crippen LogP contribution in [-0.4, -0.2) is 14.4 Å². The SMILES string of the molecule is CC[Si](CC)(CC)OC(C)CCc1ccccc1. The highest BCUT2D eigenvalue weighted by atomic mass is 28.4. The molecule has 0 N–H and O–H groups in total. The zero-order valence-electron chi connectivity index (χ0n) is 12.4. The van der Waals surface area contributed by atoms with Gasteiger partial charge in [-0.15, -0.1) is 0 Å². The number of aryl methyl sites for hydroxylation is 1. The number of hydrogen-bond acceptors (Lipinski definition) is 1. The Hall–Kier alpha value is -0.603. The van der Waals surface area contributed by atoms with Gasteiger partial charge in [-0.05, 0) is 43.5 Å². The quantitative estimate of drug-likeness (QED) is 0.598. The second-order valence-electron chi connectivity index (χ2n) is 5.20. The molecular formula is C16H28OSi. The molecule has 0 aromatic heterocycles. The summed E-state index contributed by atoms with van der Waals surface area (Å²) in [6, 6.07) is 14.5. The summed E-state index contributed by atoms with van der Waals surface area (Å²) in [5, 5.41) is 0. The molecule has 18 heavy (non-hydrogen) atoms. The van der Waals surface area contributed by atoms with Crippen molar-refractivity contribution in [2.45, 2.75) is 64.8 Å². The maximum absolute atomic E-state index is 6.45. The molecule has 0 aliphatic heterocycles. The van der Waals surface area contributed by atoms with E-state index in [1.54, 1.807) is 0 Å². The average molecular weight is 264 g/mol. The normalized spacial score (nSPS) is 13.6. The van der Waals surface area contributed by atoms with Gasteiger partial charge >= 0.3 is 0 Å². The van der Waals surface area contributed by atoms with E-state index in [0.29, 0.717) is 6.10 Å². The van der Waals surface area contributed by atoms with Crippen LogP contribution >= 0.6 is 0 Å². The van der Waals surface area contributed by atoms with Crippen LogP contribution in [-0.2, 0) is 10.8 Å². The van der Waals surface area contributed by atoms with Gasteiger partial charge in [0.25, 0.3) is 0 Å². The van der Waals surface area contributed by atoms with E-state index in [2.05, 4.69) is 58.0 Å². The number of hydrogen-bond donors (Lipinski definition) is 0. The second-order valence-corrected chi connectivity index (χ2v) is 9.92. The minimum Gasteiger partial charge on any atom is -0.414 e. The molecule has 0 aliphatic rings. The van der Waals surface area contributed by atoms with E-state index in [1.165, 1.54) is 23.7 Å². The Morgan fingerprint density at radius 2 is 1.56 bits per heavy atom. The molecule has 1 rings (SSSR count). The van der Waals surface area contributed by atoms with Crippen LogP contribution in [0, 0.1) is 0 Å². The lowest BCUT2D eigenvalue weighted by molar-refractivity contribution is 0.196. The van der Waals surface area contributed by atoms with Gasteiger partial charge in [-0.25, -0.2) is 0 Å². The summed E-state index contributed by atoms with van der Waals surface area (Å²) in [7, 11) is -1.42. The van der Waals surface area contributed by atoms with Gasteiger partial charge in [0.15, 0.2) is 8.32 Å². The van der Waals surface area contributed by atoms with Crippen molar-refractivity contribution >= 4 is 8.32 Å². The third-order valence-corrected chi connectivity index (χ3v) is 8.83. The van der Waals surface area contributed by atoms with Gasteiger partial charge in [-0.2, -0.15) is 0 Å². The minimum absolute atomic E-state index is 0.400. The molecule has 1 nitrogen and oxygen atoms in total. The predicted molar refractivity (Wildman–Crippen MR) is 82.5 cm³/mol. The molecule has 1 atom stereocenters. The fourth-order valence-corrected chi connectivity index (χ4v) is 5.47. The van der Waals surface area contributed by atoms with E-state index in [4.69, 9.17) is 4.43 Å². The van der Waals surface area contributed by atoms with E-state index >= 15 is 0 Å². The first-order valence-electron chi connectivity index (χ1n) is 7.37. The van der Waals surface area contributed by atoms with E-state index in [-0.39, 0.29) is 0 Å². The summed E-state index contributed by atoms with van der Waals surface area (Å²) >= 11 is 0. The Morgan fingerprint density at radius 1 is 1.00 bits per heavy atom. The summed E-state index contributed by atoms with van der Waals surface area (Å²) in [5.41, 5.74) is 1.42. The third-order valence-electron chi connectivity index (χ3n) is 4.07. The van der Waals surface area contributed by atoms with E-state index in [9.17, 15) is 0 Å². The Bertz CT molecular complexity index is 311. The highest BCUT2D eigenvalue weighted by molar-refractivity contribution is 6.73. The second kappa shape index (κ2) is 7.75. The maximum atomic E-state index is 6.45. The summed E-state index contributed by atoms with van der Waals surface area (Å²) in [5.74, 6) is 0. The average Bonchev–Trinajstić information content (AvgIpc) is 2.44. The molecular weight excluding hydrogens is 236 g/mol. The van der Waals surface area contributed by atoms with Gasteiger partial charge in [0, 0.05) is 6.10 Å². The van der Waals surface area contributed by atoms with Crippen molar-refractivity contribution in [2.75, 3.05) is 0 Å². The van der Waals surface area contributed by atoms with Crippen molar-refractivity contribution in [3.63, 3.8) is 0 Å². The van der Waals surface area contributed by atoms with Crippen LogP contribution in [0.15, 0.2) is 30.3 Å². The first-order chi connectivity index (χ1) is 8.65. The van der Waals surface area contributed by atoms with Crippen molar-refractivity contribution in [1.29, 1.82) is 0 Å². The summed E-state index contributed by atoms with van der Waals surface area (Å²) in [4.78, 5) is 0. The molecule has 0 fully saturated rings. The van der Waals surface area contributed by atoms with Crippen LogP contribution in [0.5, 0.6) is 0 Å². The molecule has 1 unspecified atom stereocenters. The Balaban J connectivity index is 2.43. The number of benzene rings is 1. The molecule has 0 bridgehead atoms. The Morgan fingerprint density at radius 3 is 2.06 bits per heavy atom. The van der Waals surface area contributed by atoms with Crippen LogP contribution < -0.4 is 0 Å². The fourth-order valence-electron chi connectivity index (χ4n) is 2.50. The topological polar surface area (TPSA) is 9.23 Å². The molecule has 0 aliphatic carbocycles. The maximum Gasteiger partial charge on any atom is 0.192 e. The highest BCUT2D eigenvalue weighted by Crippen LogP contribution is 2.24. The van der Waals surface area contributed by atoms with E-state index in [0.717, 1.165) is 12.8 Å². The molecule has 0 saturated heterocycles. The summed E-state index contributed by atoms with van der Waals surface area (Å²) in [6.07, 6.45) is 2.67. The van der Waals surface area contributed by atoms with Gasteiger partial charge in [0.1, 0.15) is 0 Å². The molecule has 1 aromatic rings. The van der Waals surface area contributed by atoms with E-state index < -0.39 is 8.32 Å². The van der Waals surface area contributed by atoms with Crippen LogP contribution in [0.25, 0.3) is 0 Å². The molecule has 2 heteroatoms. The standard InChI is InChI=1S/C16H28OSi/c1-5-18(6-2,7-3)17-15(4)13-14-16-11-9-8-10-12-16/h8-12,15H,5-7,13-14H2,1-4H3. The summed E-state index contributed by atoms with van der Waals surface area (Å²) in [6.45, 7) is 9.13. The van der Waals surface area contributed by atoms with Gasteiger partial charge in [-0.1, -0.05) is 51.1 Å². The molecule has 0 spiro atoms. The van der Waals surface area contributed by atoms with Gasteiger partial charge in [0.05, 0.1) is 0 Å². The van der Waals surface area contributed by atoms with Crippen molar-refractivity contribution in [1.82, 2.24) is 0 Å². The molecule has 0 heterocycles. The van der Waals surface area contributed by atoms with Crippen molar-refractivity contribution < 1.29 is 4.43 Å². The van der Waals surface area contributed by atoms with Gasteiger partial charge in [0.2, 0.25) is 0 Å². The number of rotatable bonds is 8.